The lowest BCUT2D eigenvalue weighted by molar-refractivity contribution is -0.291. The predicted octanol–water partition coefficient (Wildman–Crippen LogP) is -5.46. The van der Waals surface area contributed by atoms with Crippen LogP contribution in [0.2, 0.25) is 0 Å². The Morgan fingerprint density at radius 1 is 0.556 bits per heavy atom. The molecule has 1 aliphatic carbocycles. The topological polar surface area (TPSA) is 348 Å². The molecule has 300 valence electrons. The summed E-state index contributed by atoms with van der Waals surface area (Å²) in [4.78, 5) is 0. The second-order valence-electron chi connectivity index (χ2n) is 13.1. The summed E-state index contributed by atoms with van der Waals surface area (Å²) in [6.07, 6.45) is -23.2. The molecule has 16 atom stereocenters. The first kappa shape index (κ1) is 40.1. The fraction of sp³-hybridized carbons (Fsp3) is 0.576. The number of ether oxygens (including phenoxy) is 7. The number of aliphatic hydroxyl groups excluding tert-OH is 13. The molecular weight excluding hydrogens is 732 g/mol. The third kappa shape index (κ3) is 7.62. The van der Waals surface area contributed by atoms with Crippen LogP contribution in [0, 0.1) is 0 Å². The number of fused-ring (bicyclic) bond motifs is 1. The molecule has 3 fully saturated rings. The first-order chi connectivity index (χ1) is 25.7. The number of hydrogen-bond donors (Lipinski definition) is 14. The number of aliphatic hydroxyl groups is 13. The molecule has 21 heteroatoms. The highest BCUT2D eigenvalue weighted by atomic mass is 16.7. The number of rotatable bonds is 10. The van der Waals surface area contributed by atoms with Crippen molar-refractivity contribution in [2.24, 2.45) is 0 Å². The van der Waals surface area contributed by atoms with Crippen LogP contribution in [0.4, 0.5) is 0 Å². The normalized spacial score (nSPS) is 41.1. The smallest absolute Gasteiger partial charge is 0.229 e. The maximum Gasteiger partial charge on any atom is 0.229 e. The van der Waals surface area contributed by atoms with Gasteiger partial charge < -0.3 is 105 Å². The van der Waals surface area contributed by atoms with Crippen molar-refractivity contribution in [2.45, 2.75) is 98.2 Å². The average Bonchev–Trinajstić information content (AvgIpc) is 3.16. The van der Waals surface area contributed by atoms with Gasteiger partial charge in [0.1, 0.15) is 90.9 Å². The van der Waals surface area contributed by atoms with Crippen molar-refractivity contribution in [3.05, 3.63) is 64.8 Å². The molecule has 4 heterocycles. The summed E-state index contributed by atoms with van der Waals surface area (Å²) in [6.45, 7) is -2.32. The van der Waals surface area contributed by atoms with E-state index in [0.29, 0.717) is 0 Å². The van der Waals surface area contributed by atoms with Crippen LogP contribution >= 0.6 is 0 Å². The molecule has 0 amide bonds. The Balaban J connectivity index is 1.39. The molecule has 0 radical (unpaired) electrons. The van der Waals surface area contributed by atoms with Crippen molar-refractivity contribution in [3.8, 4) is 11.5 Å². The van der Waals surface area contributed by atoms with Crippen molar-refractivity contribution in [2.75, 3.05) is 19.8 Å². The van der Waals surface area contributed by atoms with E-state index in [-0.39, 0.29) is 34.2 Å². The van der Waals surface area contributed by atoms with Gasteiger partial charge in [-0.1, -0.05) is 0 Å². The average molecular weight is 775 g/mol. The summed E-state index contributed by atoms with van der Waals surface area (Å²) < 4.78 is 40.0. The highest BCUT2D eigenvalue weighted by Gasteiger charge is 2.48. The minimum atomic E-state index is -1.91. The minimum absolute atomic E-state index is 0.0288. The van der Waals surface area contributed by atoms with Crippen LogP contribution in [0.1, 0.15) is 5.56 Å². The molecule has 4 aliphatic heterocycles. The van der Waals surface area contributed by atoms with Crippen molar-refractivity contribution < 1.29 is 105 Å². The van der Waals surface area contributed by atoms with Gasteiger partial charge in [-0.3, -0.25) is 0 Å². The Bertz CT molecular complexity index is 1620. The quantitative estimate of drug-likeness (QED) is 0.105. The largest absolute Gasteiger partial charge is 0.508 e. The van der Waals surface area contributed by atoms with E-state index in [4.69, 9.17) is 33.2 Å². The van der Waals surface area contributed by atoms with Gasteiger partial charge >= 0.3 is 0 Å². The van der Waals surface area contributed by atoms with Gasteiger partial charge in [-0.15, -0.1) is 0 Å². The molecule has 21 nitrogen and oxygen atoms in total. The zero-order chi connectivity index (χ0) is 39.2. The van der Waals surface area contributed by atoms with Crippen LogP contribution in [0.3, 0.4) is 0 Å². The Labute approximate surface area is 304 Å². The molecule has 0 aromatic heterocycles. The van der Waals surface area contributed by atoms with E-state index in [1.54, 1.807) is 0 Å². The van der Waals surface area contributed by atoms with Gasteiger partial charge in [0.15, 0.2) is 23.0 Å². The monoisotopic (exact) mass is 774 g/mol. The van der Waals surface area contributed by atoms with E-state index in [0.717, 1.165) is 18.2 Å². The molecule has 0 bridgehead atoms. The number of phenolic OH excluding ortho intramolecular Hbond substituents is 1. The van der Waals surface area contributed by atoms with Gasteiger partial charge in [-0.2, -0.15) is 0 Å². The van der Waals surface area contributed by atoms with Gasteiger partial charge in [-0.05, 0) is 24.3 Å². The fourth-order valence-electron chi connectivity index (χ4n) is 6.31. The minimum Gasteiger partial charge on any atom is -0.508 e. The summed E-state index contributed by atoms with van der Waals surface area (Å²) in [5, 5.41) is 144. The summed E-state index contributed by atoms with van der Waals surface area (Å²) in [6, 6.07) is 3.58. The van der Waals surface area contributed by atoms with Crippen molar-refractivity contribution >= 4 is 5.76 Å². The molecule has 54 heavy (non-hydrogen) atoms. The molecule has 1 unspecified atom stereocenters. The van der Waals surface area contributed by atoms with Crippen LogP contribution in [0.15, 0.2) is 59.3 Å². The molecule has 6 rings (SSSR count). The summed E-state index contributed by atoms with van der Waals surface area (Å²) in [5.41, 5.74) is 0.0748. The molecule has 14 N–H and O–H groups in total. The first-order valence-corrected chi connectivity index (χ1v) is 16.7. The lowest BCUT2D eigenvalue weighted by Gasteiger charge is -2.41. The second kappa shape index (κ2) is 16.2. The van der Waals surface area contributed by atoms with Crippen molar-refractivity contribution in [1.82, 2.24) is 0 Å². The van der Waals surface area contributed by atoms with Crippen LogP contribution in [-0.2, 0) is 28.4 Å². The zero-order valence-electron chi connectivity index (χ0n) is 27.9. The Hall–Kier alpha value is -3.62. The summed E-state index contributed by atoms with van der Waals surface area (Å²) in [5.74, 6) is -2.11. The van der Waals surface area contributed by atoms with E-state index in [2.05, 4.69) is 0 Å². The van der Waals surface area contributed by atoms with E-state index in [1.165, 1.54) is 18.2 Å². The highest BCUT2D eigenvalue weighted by Crippen LogP contribution is 2.42. The molecular formula is C33H42O21. The predicted molar refractivity (Wildman–Crippen MR) is 171 cm³/mol. The van der Waals surface area contributed by atoms with Crippen LogP contribution in [-0.4, -0.2) is 190 Å². The molecule has 0 spiro atoms. The highest BCUT2D eigenvalue weighted by molar-refractivity contribution is 5.70. The van der Waals surface area contributed by atoms with Gasteiger partial charge in [0, 0.05) is 23.3 Å². The zero-order valence-corrected chi connectivity index (χ0v) is 27.9. The lowest BCUT2D eigenvalue weighted by atomic mass is 9.96. The molecule has 1 aromatic rings. The van der Waals surface area contributed by atoms with E-state index >= 15 is 0 Å². The number of aromatic hydroxyl groups is 1. The van der Waals surface area contributed by atoms with Gasteiger partial charge in [-0.25, -0.2) is 0 Å². The Morgan fingerprint density at radius 2 is 1.04 bits per heavy atom. The SMILES string of the molecule is OC[C@H]1O[C@@H](OC2=CC(O)=CC3OC(c4ccc(O)c(O[C@@H]5O[C@H](CO)[C@@H](O)[C@H](O)[C@H]5O)c4)=C(O[C@@H]4O[C@H](CO)[C@@H](O)[C@H](O)[C@H]4O)C=C23)[C@H](O)[C@@H](O)[C@@H]1O. The Morgan fingerprint density at radius 3 is 1.54 bits per heavy atom. The molecule has 0 saturated carbocycles. The summed E-state index contributed by atoms with van der Waals surface area (Å²) >= 11 is 0. The first-order valence-electron chi connectivity index (χ1n) is 16.7. The fourth-order valence-corrected chi connectivity index (χ4v) is 6.31. The van der Waals surface area contributed by atoms with Gasteiger partial charge in [0.05, 0.1) is 19.8 Å². The molecule has 1 aromatic carbocycles. The van der Waals surface area contributed by atoms with Gasteiger partial charge in [0.25, 0.3) is 0 Å². The van der Waals surface area contributed by atoms with E-state index in [9.17, 15) is 71.5 Å². The number of hydrogen-bond acceptors (Lipinski definition) is 21. The maximum absolute atomic E-state index is 10.8. The van der Waals surface area contributed by atoms with Gasteiger partial charge in [0.2, 0.25) is 18.9 Å². The second-order valence-corrected chi connectivity index (χ2v) is 13.1. The lowest BCUT2D eigenvalue weighted by Crippen LogP contribution is -2.60. The third-order valence-corrected chi connectivity index (χ3v) is 9.44. The van der Waals surface area contributed by atoms with Crippen LogP contribution < -0.4 is 4.74 Å². The van der Waals surface area contributed by atoms with E-state index in [1.807, 2.05) is 0 Å². The Kier molecular flexibility index (Phi) is 12.0. The third-order valence-electron chi connectivity index (χ3n) is 9.44. The van der Waals surface area contributed by atoms with Crippen molar-refractivity contribution in [3.63, 3.8) is 0 Å². The number of allylic oxidation sites excluding steroid dienone is 2. The van der Waals surface area contributed by atoms with Crippen LogP contribution in [0.25, 0.3) is 5.76 Å². The molecule has 5 aliphatic rings. The molecule has 3 saturated heterocycles. The maximum atomic E-state index is 10.8. The standard InChI is InChI=1S/C33H42O21/c34-7-18-21(39)24(42)27(45)31(52-18)49-15-5-11(37)4-14-12(15)6-17(51-33-29(47)26(44)23(41)20(9-36)54-33)30(48-14)10-1-2-13(38)16(3-10)50-32-28(46)25(43)22(40)19(8-35)53-32/h1-6,14,18-29,31-47H,7-9H2/t14?,18-,19-,20-,21-,22-,23-,24+,25+,26+,27-,28-,29-,31-,32-,33-/m1/s1. The number of phenols is 1. The van der Waals surface area contributed by atoms with Crippen LogP contribution in [0.5, 0.6) is 11.5 Å². The van der Waals surface area contributed by atoms with E-state index < -0.39 is 130 Å². The summed E-state index contributed by atoms with van der Waals surface area (Å²) in [7, 11) is 0. The number of benzene rings is 1. The van der Waals surface area contributed by atoms with Crippen molar-refractivity contribution in [1.29, 1.82) is 0 Å².